The van der Waals surface area contributed by atoms with Crippen LogP contribution in [0.1, 0.15) is 32.6 Å². The van der Waals surface area contributed by atoms with Gasteiger partial charge in [-0.05, 0) is 6.42 Å². The average Bonchev–Trinajstić information content (AvgIpc) is 2.29. The van der Waals surface area contributed by atoms with Crippen molar-refractivity contribution < 1.29 is 19.1 Å². The van der Waals surface area contributed by atoms with Gasteiger partial charge in [-0.1, -0.05) is 19.9 Å². The first-order chi connectivity index (χ1) is 8.11. The molecule has 0 saturated carbocycles. The fraction of sp³-hybridized carbons (Fsp3) is 0.583. The van der Waals surface area contributed by atoms with Gasteiger partial charge in [-0.2, -0.15) is 5.26 Å². The lowest BCUT2D eigenvalue weighted by Gasteiger charge is -2.06. The van der Waals surface area contributed by atoms with E-state index in [2.05, 4.69) is 6.58 Å². The first-order valence-corrected chi connectivity index (χ1v) is 5.49. The summed E-state index contributed by atoms with van der Waals surface area (Å²) < 4.78 is 9.57. The number of nitriles is 1. The lowest BCUT2D eigenvalue weighted by atomic mass is 10.2. The van der Waals surface area contributed by atoms with E-state index in [1.165, 1.54) is 0 Å². The van der Waals surface area contributed by atoms with E-state index in [1.54, 1.807) is 0 Å². The molecule has 0 aromatic rings. The van der Waals surface area contributed by atoms with Crippen molar-refractivity contribution in [1.29, 1.82) is 5.26 Å². The number of carbonyl (C=O) groups is 2. The zero-order chi connectivity index (χ0) is 13.1. The Morgan fingerprint density at radius 2 is 2.00 bits per heavy atom. The molecule has 0 atom stereocenters. The molecule has 0 aromatic heterocycles. The minimum absolute atomic E-state index is 0.0131. The van der Waals surface area contributed by atoms with Crippen LogP contribution in [0.2, 0.25) is 0 Å². The van der Waals surface area contributed by atoms with Crippen molar-refractivity contribution in [3.05, 3.63) is 12.2 Å². The molecule has 0 fully saturated rings. The fourth-order valence-corrected chi connectivity index (χ4v) is 0.919. The molecule has 0 aromatic carbocycles. The third-order valence-electron chi connectivity index (χ3n) is 1.85. The van der Waals surface area contributed by atoms with Crippen molar-refractivity contribution >= 4 is 11.9 Å². The van der Waals surface area contributed by atoms with Gasteiger partial charge in [0.15, 0.2) is 0 Å². The van der Waals surface area contributed by atoms with Crippen LogP contribution in [0, 0.1) is 11.3 Å². The summed E-state index contributed by atoms with van der Waals surface area (Å²) in [7, 11) is 0. The largest absolute Gasteiger partial charge is 0.465 e. The SMILES string of the molecule is C=C(CC(=O)OCCCC)C(=O)OCCC#N. The highest BCUT2D eigenvalue weighted by atomic mass is 16.5. The molecule has 0 N–H and O–H groups in total. The third-order valence-corrected chi connectivity index (χ3v) is 1.85. The summed E-state index contributed by atoms with van der Waals surface area (Å²) in [6, 6.07) is 1.84. The number of unbranched alkanes of at least 4 members (excludes halogenated alkanes) is 1. The van der Waals surface area contributed by atoms with Crippen molar-refractivity contribution in [1.82, 2.24) is 0 Å². The Hall–Kier alpha value is -1.83. The van der Waals surface area contributed by atoms with E-state index in [0.29, 0.717) is 6.61 Å². The second-order valence-electron chi connectivity index (χ2n) is 3.40. The summed E-state index contributed by atoms with van der Waals surface area (Å²) in [5.41, 5.74) is 0.0458. The number of ether oxygens (including phenoxy) is 2. The third kappa shape index (κ3) is 8.03. The van der Waals surface area contributed by atoms with E-state index >= 15 is 0 Å². The van der Waals surface area contributed by atoms with Gasteiger partial charge in [0.2, 0.25) is 0 Å². The first-order valence-electron chi connectivity index (χ1n) is 5.49. The molecule has 0 rings (SSSR count). The van der Waals surface area contributed by atoms with Crippen molar-refractivity contribution in [3.63, 3.8) is 0 Å². The van der Waals surface area contributed by atoms with Gasteiger partial charge in [0.1, 0.15) is 6.61 Å². The summed E-state index contributed by atoms with van der Waals surface area (Å²) in [6.45, 7) is 5.80. The molecule has 0 unspecified atom stereocenters. The number of nitrogens with zero attached hydrogens (tertiary/aromatic N) is 1. The Balaban J connectivity index is 3.80. The van der Waals surface area contributed by atoms with Gasteiger partial charge in [-0.25, -0.2) is 4.79 Å². The van der Waals surface area contributed by atoms with Crippen LogP contribution in [0.15, 0.2) is 12.2 Å². The van der Waals surface area contributed by atoms with Crippen molar-refractivity contribution in [3.8, 4) is 6.07 Å². The Labute approximate surface area is 101 Å². The highest BCUT2D eigenvalue weighted by Crippen LogP contribution is 2.04. The molecule has 5 nitrogen and oxygen atoms in total. The molecule has 0 amide bonds. The normalized spacial score (nSPS) is 9.18. The van der Waals surface area contributed by atoms with Crippen LogP contribution >= 0.6 is 0 Å². The number of rotatable bonds is 8. The molecule has 17 heavy (non-hydrogen) atoms. The van der Waals surface area contributed by atoms with E-state index in [-0.39, 0.29) is 25.0 Å². The molecule has 0 aliphatic carbocycles. The number of esters is 2. The van der Waals surface area contributed by atoms with Crippen LogP contribution in [-0.4, -0.2) is 25.2 Å². The number of hydrogen-bond acceptors (Lipinski definition) is 5. The smallest absolute Gasteiger partial charge is 0.334 e. The van der Waals surface area contributed by atoms with Crippen LogP contribution in [0.3, 0.4) is 0 Å². The topological polar surface area (TPSA) is 76.4 Å². The molecular formula is C12H17NO4. The maximum absolute atomic E-state index is 11.2. The maximum atomic E-state index is 11.2. The lowest BCUT2D eigenvalue weighted by molar-refractivity contribution is -0.146. The van der Waals surface area contributed by atoms with Gasteiger partial charge < -0.3 is 9.47 Å². The summed E-state index contributed by atoms with van der Waals surface area (Å²) in [5, 5.41) is 8.25. The molecule has 94 valence electrons. The standard InChI is InChI=1S/C12H17NO4/c1-3-4-7-16-11(14)9-10(2)12(15)17-8-5-6-13/h2-5,7-9H2,1H3. The molecule has 0 saturated heterocycles. The molecule has 5 heteroatoms. The van der Waals surface area contributed by atoms with Crippen LogP contribution in [0.5, 0.6) is 0 Å². The number of hydrogen-bond donors (Lipinski definition) is 0. The van der Waals surface area contributed by atoms with E-state index < -0.39 is 11.9 Å². The Morgan fingerprint density at radius 1 is 1.29 bits per heavy atom. The molecule has 0 aliphatic heterocycles. The predicted octanol–water partition coefficient (Wildman–Crippen LogP) is 1.73. The summed E-state index contributed by atoms with van der Waals surface area (Å²) in [5.74, 6) is -1.15. The molecule has 0 aliphatic rings. The van der Waals surface area contributed by atoms with Crippen LogP contribution < -0.4 is 0 Å². The molecule has 0 heterocycles. The highest BCUT2D eigenvalue weighted by Gasteiger charge is 2.13. The second-order valence-corrected chi connectivity index (χ2v) is 3.40. The maximum Gasteiger partial charge on any atom is 0.334 e. The fourth-order valence-electron chi connectivity index (χ4n) is 0.919. The van der Waals surface area contributed by atoms with Crippen LogP contribution in [-0.2, 0) is 19.1 Å². The minimum atomic E-state index is -0.660. The zero-order valence-corrected chi connectivity index (χ0v) is 10.0. The average molecular weight is 239 g/mol. The van der Waals surface area contributed by atoms with Crippen molar-refractivity contribution in [2.24, 2.45) is 0 Å². The van der Waals surface area contributed by atoms with E-state index in [0.717, 1.165) is 12.8 Å². The Bertz CT molecular complexity index is 317. The summed E-state index contributed by atoms with van der Waals surface area (Å²) in [6.07, 6.45) is 1.68. The van der Waals surface area contributed by atoms with E-state index in [1.807, 2.05) is 13.0 Å². The van der Waals surface area contributed by atoms with Gasteiger partial charge in [0.25, 0.3) is 0 Å². The van der Waals surface area contributed by atoms with Crippen molar-refractivity contribution in [2.45, 2.75) is 32.6 Å². The van der Waals surface area contributed by atoms with Crippen LogP contribution in [0.25, 0.3) is 0 Å². The van der Waals surface area contributed by atoms with Gasteiger partial charge in [-0.15, -0.1) is 0 Å². The quantitative estimate of drug-likeness (QED) is 0.366. The van der Waals surface area contributed by atoms with Gasteiger partial charge in [-0.3, -0.25) is 4.79 Å². The number of carbonyl (C=O) groups excluding carboxylic acids is 2. The van der Waals surface area contributed by atoms with Gasteiger partial charge in [0.05, 0.1) is 25.5 Å². The molecular weight excluding hydrogens is 222 g/mol. The lowest BCUT2D eigenvalue weighted by Crippen LogP contribution is -2.13. The molecule has 0 bridgehead atoms. The predicted molar refractivity (Wildman–Crippen MR) is 60.8 cm³/mol. The van der Waals surface area contributed by atoms with Crippen molar-refractivity contribution in [2.75, 3.05) is 13.2 Å². The van der Waals surface area contributed by atoms with E-state index in [9.17, 15) is 9.59 Å². The second kappa shape index (κ2) is 9.40. The van der Waals surface area contributed by atoms with Gasteiger partial charge >= 0.3 is 11.9 Å². The highest BCUT2D eigenvalue weighted by molar-refractivity contribution is 5.93. The summed E-state index contributed by atoms with van der Waals surface area (Å²) in [4.78, 5) is 22.5. The van der Waals surface area contributed by atoms with E-state index in [4.69, 9.17) is 14.7 Å². The molecule has 0 spiro atoms. The zero-order valence-electron chi connectivity index (χ0n) is 10.0. The first kappa shape index (κ1) is 15.2. The Kier molecular flexibility index (Phi) is 8.39. The van der Waals surface area contributed by atoms with Gasteiger partial charge in [0, 0.05) is 5.57 Å². The Morgan fingerprint density at radius 3 is 2.59 bits per heavy atom. The monoisotopic (exact) mass is 239 g/mol. The summed E-state index contributed by atoms with van der Waals surface area (Å²) >= 11 is 0. The van der Waals surface area contributed by atoms with Crippen LogP contribution in [0.4, 0.5) is 0 Å². The molecule has 0 radical (unpaired) electrons. The minimum Gasteiger partial charge on any atom is -0.465 e.